The number of hydrogen-bond acceptors (Lipinski definition) is 5. The number of aliphatic hydroxyl groups is 1. The van der Waals surface area contributed by atoms with Crippen LogP contribution in [0.15, 0.2) is 24.3 Å². The molecule has 0 radical (unpaired) electrons. The van der Waals surface area contributed by atoms with Gasteiger partial charge in [0.05, 0.1) is 11.9 Å². The molecule has 6 heteroatoms. The number of carbonyl (C=O) groups is 2. The molecule has 5 nitrogen and oxygen atoms in total. The summed E-state index contributed by atoms with van der Waals surface area (Å²) < 4.78 is 5.88. The van der Waals surface area contributed by atoms with Crippen LogP contribution >= 0.6 is 11.8 Å². The molecular weight excluding hydrogens is 326 g/mol. The molecule has 0 spiro atoms. The standard InChI is InChI=1S/C18H23NO4S/c20-10-13-2-1-3-14(8-13)11-23-15-6-4-12(5-7-15)9-16-17(21)19-18(22)24-16/h4-7,13-14,16,20H,1-3,8-11H2,(H,19,21,22). The van der Waals surface area contributed by atoms with Gasteiger partial charge in [-0.15, -0.1) is 0 Å². The Balaban J connectivity index is 1.48. The smallest absolute Gasteiger partial charge is 0.286 e. The molecule has 1 heterocycles. The minimum Gasteiger partial charge on any atom is -0.493 e. The number of thioether (sulfide) groups is 1. The second-order valence-electron chi connectivity index (χ2n) is 6.62. The fourth-order valence-corrected chi connectivity index (χ4v) is 4.26. The molecule has 3 atom stereocenters. The maximum absolute atomic E-state index is 11.6. The number of aliphatic hydroxyl groups excluding tert-OH is 1. The Morgan fingerprint density at radius 3 is 2.58 bits per heavy atom. The highest BCUT2D eigenvalue weighted by atomic mass is 32.2. The number of carbonyl (C=O) groups excluding carboxylic acids is 2. The van der Waals surface area contributed by atoms with E-state index in [1.165, 1.54) is 0 Å². The second kappa shape index (κ2) is 8.03. The van der Waals surface area contributed by atoms with Crippen molar-refractivity contribution in [3.63, 3.8) is 0 Å². The Morgan fingerprint density at radius 2 is 1.92 bits per heavy atom. The summed E-state index contributed by atoms with van der Waals surface area (Å²) in [5.41, 5.74) is 1.02. The van der Waals surface area contributed by atoms with E-state index in [9.17, 15) is 14.7 Å². The monoisotopic (exact) mass is 349 g/mol. The zero-order valence-electron chi connectivity index (χ0n) is 13.6. The van der Waals surface area contributed by atoms with E-state index < -0.39 is 0 Å². The maximum atomic E-state index is 11.6. The average molecular weight is 349 g/mol. The summed E-state index contributed by atoms with van der Waals surface area (Å²) in [5.74, 6) is 1.55. The van der Waals surface area contributed by atoms with Gasteiger partial charge in [0, 0.05) is 6.61 Å². The first-order valence-corrected chi connectivity index (χ1v) is 9.36. The molecule has 0 aromatic heterocycles. The van der Waals surface area contributed by atoms with E-state index in [1.807, 2.05) is 24.3 Å². The van der Waals surface area contributed by atoms with Crippen LogP contribution < -0.4 is 10.1 Å². The van der Waals surface area contributed by atoms with Gasteiger partial charge in [-0.25, -0.2) is 0 Å². The summed E-state index contributed by atoms with van der Waals surface area (Å²) in [5, 5.41) is 11.0. The van der Waals surface area contributed by atoms with Crippen LogP contribution in [0.4, 0.5) is 4.79 Å². The molecular formula is C18H23NO4S. The van der Waals surface area contributed by atoms with Crippen LogP contribution in [0.2, 0.25) is 0 Å². The van der Waals surface area contributed by atoms with Crippen LogP contribution in [-0.4, -0.2) is 34.7 Å². The number of hydrogen-bond donors (Lipinski definition) is 2. The fraction of sp³-hybridized carbons (Fsp3) is 0.556. The third-order valence-electron chi connectivity index (χ3n) is 4.75. The van der Waals surface area contributed by atoms with E-state index in [0.29, 0.717) is 24.9 Å². The summed E-state index contributed by atoms with van der Waals surface area (Å²) in [4.78, 5) is 22.8. The lowest BCUT2D eigenvalue weighted by Crippen LogP contribution is -2.25. The first kappa shape index (κ1) is 17.3. The van der Waals surface area contributed by atoms with Crippen molar-refractivity contribution in [3.8, 4) is 5.75 Å². The molecule has 130 valence electrons. The van der Waals surface area contributed by atoms with Gasteiger partial charge in [0.2, 0.25) is 5.91 Å². The molecule has 2 aliphatic rings. The van der Waals surface area contributed by atoms with Gasteiger partial charge < -0.3 is 9.84 Å². The fourth-order valence-electron chi connectivity index (χ4n) is 3.40. The predicted octanol–water partition coefficient (Wildman–Crippen LogP) is 2.76. The van der Waals surface area contributed by atoms with E-state index in [2.05, 4.69) is 5.32 Å². The summed E-state index contributed by atoms with van der Waals surface area (Å²) >= 11 is 1.05. The van der Waals surface area contributed by atoms with Crippen molar-refractivity contribution in [1.82, 2.24) is 5.32 Å². The van der Waals surface area contributed by atoms with Gasteiger partial charge in [-0.2, -0.15) is 0 Å². The number of imide groups is 1. The molecule has 24 heavy (non-hydrogen) atoms. The molecule has 1 saturated heterocycles. The summed E-state index contributed by atoms with van der Waals surface area (Å²) in [6.07, 6.45) is 5.03. The minimum absolute atomic E-state index is 0.207. The van der Waals surface area contributed by atoms with Crippen LogP contribution in [0.25, 0.3) is 0 Å². The van der Waals surface area contributed by atoms with Gasteiger partial charge in [-0.3, -0.25) is 14.9 Å². The average Bonchev–Trinajstić information content (AvgIpc) is 2.91. The molecule has 2 amide bonds. The Morgan fingerprint density at radius 1 is 1.17 bits per heavy atom. The molecule has 1 aromatic rings. The topological polar surface area (TPSA) is 75.6 Å². The molecule has 1 aliphatic heterocycles. The quantitative estimate of drug-likeness (QED) is 0.826. The SMILES string of the molecule is O=C1NC(=O)C(Cc2ccc(OCC3CCCC(CO)C3)cc2)S1. The molecule has 1 aromatic carbocycles. The summed E-state index contributed by atoms with van der Waals surface area (Å²) in [6.45, 7) is 0.964. The zero-order valence-corrected chi connectivity index (χ0v) is 14.4. The third kappa shape index (κ3) is 4.51. The molecule has 1 saturated carbocycles. The lowest BCUT2D eigenvalue weighted by molar-refractivity contribution is -0.118. The zero-order chi connectivity index (χ0) is 16.9. The molecule has 1 aliphatic carbocycles. The van der Waals surface area contributed by atoms with Crippen molar-refractivity contribution in [3.05, 3.63) is 29.8 Å². The highest BCUT2D eigenvalue weighted by molar-refractivity contribution is 8.15. The van der Waals surface area contributed by atoms with Gasteiger partial charge >= 0.3 is 0 Å². The van der Waals surface area contributed by atoms with E-state index in [0.717, 1.165) is 48.8 Å². The Labute approximate surface area is 146 Å². The van der Waals surface area contributed by atoms with Crippen LogP contribution in [0.5, 0.6) is 5.75 Å². The predicted molar refractivity (Wildman–Crippen MR) is 93.1 cm³/mol. The number of rotatable bonds is 6. The highest BCUT2D eigenvalue weighted by Gasteiger charge is 2.31. The van der Waals surface area contributed by atoms with Gasteiger partial charge in [0.1, 0.15) is 5.75 Å². The van der Waals surface area contributed by atoms with Gasteiger partial charge in [-0.05, 0) is 55.2 Å². The lowest BCUT2D eigenvalue weighted by Gasteiger charge is -2.27. The minimum atomic E-state index is -0.332. The van der Waals surface area contributed by atoms with E-state index in [4.69, 9.17) is 4.74 Å². The van der Waals surface area contributed by atoms with Gasteiger partial charge in [0.25, 0.3) is 5.24 Å². The second-order valence-corrected chi connectivity index (χ2v) is 7.80. The number of benzene rings is 1. The maximum Gasteiger partial charge on any atom is 0.286 e. The molecule has 2 N–H and O–H groups in total. The van der Waals surface area contributed by atoms with Crippen molar-refractivity contribution in [2.24, 2.45) is 11.8 Å². The molecule has 2 fully saturated rings. The van der Waals surface area contributed by atoms with Crippen LogP contribution in [0.1, 0.15) is 31.2 Å². The number of ether oxygens (including phenoxy) is 1. The van der Waals surface area contributed by atoms with E-state index in [1.54, 1.807) is 0 Å². The van der Waals surface area contributed by atoms with Crippen molar-refractivity contribution >= 4 is 22.9 Å². The first-order valence-electron chi connectivity index (χ1n) is 8.48. The first-order chi connectivity index (χ1) is 11.6. The highest BCUT2D eigenvalue weighted by Crippen LogP contribution is 2.29. The number of amides is 2. The van der Waals surface area contributed by atoms with Gasteiger partial charge in [0.15, 0.2) is 0 Å². The molecule has 3 rings (SSSR count). The van der Waals surface area contributed by atoms with Gasteiger partial charge in [-0.1, -0.05) is 30.3 Å². The van der Waals surface area contributed by atoms with E-state index >= 15 is 0 Å². The van der Waals surface area contributed by atoms with Crippen molar-refractivity contribution in [2.75, 3.05) is 13.2 Å². The van der Waals surface area contributed by atoms with E-state index in [-0.39, 0.29) is 23.0 Å². The molecule has 3 unspecified atom stereocenters. The van der Waals surface area contributed by atoms with Crippen molar-refractivity contribution < 1.29 is 19.4 Å². The summed E-state index contributed by atoms with van der Waals surface area (Å²) in [7, 11) is 0. The number of nitrogens with one attached hydrogen (secondary N) is 1. The van der Waals surface area contributed by atoms with Crippen molar-refractivity contribution in [2.45, 2.75) is 37.4 Å². The summed E-state index contributed by atoms with van der Waals surface area (Å²) in [6, 6.07) is 7.73. The third-order valence-corrected chi connectivity index (χ3v) is 5.73. The Kier molecular flexibility index (Phi) is 5.79. The normalized spacial score (nSPS) is 27.1. The van der Waals surface area contributed by atoms with Crippen LogP contribution in [-0.2, 0) is 11.2 Å². The van der Waals surface area contributed by atoms with Crippen LogP contribution in [0.3, 0.4) is 0 Å². The Hall–Kier alpha value is -1.53. The van der Waals surface area contributed by atoms with Crippen LogP contribution in [0, 0.1) is 11.8 Å². The largest absolute Gasteiger partial charge is 0.493 e. The lowest BCUT2D eigenvalue weighted by atomic mass is 9.82. The van der Waals surface area contributed by atoms with Crippen molar-refractivity contribution in [1.29, 1.82) is 0 Å². The molecule has 0 bridgehead atoms. The Bertz CT molecular complexity index is 589.